The molecule has 1 aromatic carbocycles. The van der Waals surface area contributed by atoms with Gasteiger partial charge in [-0.15, -0.1) is 0 Å². The van der Waals surface area contributed by atoms with Crippen LogP contribution in [0.25, 0.3) is 33.1 Å². The fourth-order valence-corrected chi connectivity index (χ4v) is 5.69. The van der Waals surface area contributed by atoms with Crippen LogP contribution in [0.3, 0.4) is 0 Å². The van der Waals surface area contributed by atoms with Crippen molar-refractivity contribution in [1.29, 1.82) is 0 Å². The van der Waals surface area contributed by atoms with Crippen LogP contribution in [0.15, 0.2) is 29.3 Å². The second-order valence-electron chi connectivity index (χ2n) is 9.63. The molecule has 2 unspecified atom stereocenters. The second-order valence-corrected chi connectivity index (χ2v) is 10.0. The zero-order valence-corrected chi connectivity index (χ0v) is 20.6. The molecule has 10 nitrogen and oxygen atoms in total. The van der Waals surface area contributed by atoms with Gasteiger partial charge in [0.1, 0.15) is 12.2 Å². The molecule has 2 saturated heterocycles. The van der Waals surface area contributed by atoms with Gasteiger partial charge >= 0.3 is 0 Å². The van der Waals surface area contributed by atoms with Gasteiger partial charge in [0.15, 0.2) is 0 Å². The first-order chi connectivity index (χ1) is 16.8. The van der Waals surface area contributed by atoms with Crippen LogP contribution >= 0.6 is 11.6 Å². The quantitative estimate of drug-likeness (QED) is 0.449. The molecule has 2 fully saturated rings. The number of anilines is 1. The Hall–Kier alpha value is -3.37. The molecular formula is C24H27ClN8O2. The molecule has 2 bridgehead atoms. The van der Waals surface area contributed by atoms with E-state index in [-0.39, 0.29) is 18.0 Å². The number of halogens is 1. The number of aromatic amines is 1. The molecule has 2 aliphatic heterocycles. The minimum absolute atomic E-state index is 0.0610. The van der Waals surface area contributed by atoms with E-state index in [1.807, 2.05) is 12.1 Å². The molecule has 0 saturated carbocycles. The number of nitrogens with zero attached hydrogens (tertiary/aromatic N) is 6. The molecule has 5 heterocycles. The smallest absolute Gasteiger partial charge is 0.264 e. The Morgan fingerprint density at radius 3 is 2.66 bits per heavy atom. The number of benzene rings is 1. The number of hydrogen-bond donors (Lipinski definition) is 2. The van der Waals surface area contributed by atoms with Crippen LogP contribution in [0.2, 0.25) is 5.02 Å². The van der Waals surface area contributed by atoms with Gasteiger partial charge in [-0.25, -0.2) is 0 Å². The van der Waals surface area contributed by atoms with E-state index in [0.29, 0.717) is 45.2 Å². The SMILES string of the molecule is CN(C)C(=O)Cn1cc2c(Cl)c(-c3c[nH]c4nc(N5C6CCC5CNC6)n(C)c(=O)c34)ccc2n1. The van der Waals surface area contributed by atoms with Gasteiger partial charge in [-0.05, 0) is 18.9 Å². The number of aromatic nitrogens is 5. The van der Waals surface area contributed by atoms with Gasteiger partial charge in [-0.2, -0.15) is 10.1 Å². The Morgan fingerprint density at radius 2 is 1.94 bits per heavy atom. The van der Waals surface area contributed by atoms with Gasteiger partial charge in [0.05, 0.1) is 15.9 Å². The summed E-state index contributed by atoms with van der Waals surface area (Å²) in [5.41, 5.74) is 2.56. The number of hydrogen-bond acceptors (Lipinski definition) is 6. The zero-order valence-electron chi connectivity index (χ0n) is 19.9. The molecule has 6 rings (SSSR count). The minimum atomic E-state index is -0.109. The monoisotopic (exact) mass is 494 g/mol. The summed E-state index contributed by atoms with van der Waals surface area (Å²) in [6.07, 6.45) is 5.77. The minimum Gasteiger partial charge on any atom is -0.347 e. The topological polar surface area (TPSA) is 104 Å². The molecule has 182 valence electrons. The molecule has 1 amide bonds. The third kappa shape index (κ3) is 3.42. The highest BCUT2D eigenvalue weighted by molar-refractivity contribution is 6.38. The highest BCUT2D eigenvalue weighted by Gasteiger charge is 2.39. The first kappa shape index (κ1) is 22.1. The highest BCUT2D eigenvalue weighted by atomic mass is 35.5. The standard InChI is InChI=1S/C24H27ClN8O2/c1-30(2)19(34)12-32-11-17-18(29-32)7-6-15(21(17)25)16-10-27-22-20(16)23(35)31(3)24(28-22)33-13-4-5-14(33)9-26-8-13/h6-7,10-11,13-14,26-27H,4-5,8-9,12H2,1-3H3. The van der Waals surface area contributed by atoms with Crippen molar-refractivity contribution in [3.8, 4) is 11.1 Å². The van der Waals surface area contributed by atoms with E-state index in [0.717, 1.165) is 36.9 Å². The van der Waals surface area contributed by atoms with Crippen LogP contribution in [0.4, 0.5) is 5.95 Å². The van der Waals surface area contributed by atoms with Crippen LogP contribution in [0.5, 0.6) is 0 Å². The van der Waals surface area contributed by atoms with Crippen molar-refractivity contribution in [2.45, 2.75) is 31.5 Å². The van der Waals surface area contributed by atoms with E-state index in [1.54, 1.807) is 42.8 Å². The summed E-state index contributed by atoms with van der Waals surface area (Å²) in [5.74, 6) is 0.646. The van der Waals surface area contributed by atoms with Gasteiger partial charge in [-0.3, -0.25) is 18.8 Å². The van der Waals surface area contributed by atoms with Crippen LogP contribution in [-0.4, -0.2) is 74.4 Å². The Balaban J connectivity index is 1.44. The van der Waals surface area contributed by atoms with E-state index >= 15 is 0 Å². The Labute approximate surface area is 206 Å². The molecule has 11 heteroatoms. The lowest BCUT2D eigenvalue weighted by atomic mass is 10.0. The number of likely N-dealkylation sites (N-methyl/N-ethyl adjacent to an activating group) is 1. The lowest BCUT2D eigenvalue weighted by Gasteiger charge is -2.36. The number of nitrogens with one attached hydrogen (secondary N) is 2. The van der Waals surface area contributed by atoms with Crippen molar-refractivity contribution >= 4 is 45.4 Å². The number of piperazine rings is 1. The number of fused-ring (bicyclic) bond motifs is 4. The maximum absolute atomic E-state index is 13.6. The summed E-state index contributed by atoms with van der Waals surface area (Å²) < 4.78 is 3.25. The van der Waals surface area contributed by atoms with Crippen molar-refractivity contribution in [3.05, 3.63) is 39.9 Å². The zero-order chi connectivity index (χ0) is 24.4. The van der Waals surface area contributed by atoms with E-state index in [2.05, 4.69) is 20.3 Å². The van der Waals surface area contributed by atoms with Crippen LogP contribution in [0.1, 0.15) is 12.8 Å². The molecule has 0 aliphatic carbocycles. The normalized spacial score (nSPS) is 19.7. The van der Waals surface area contributed by atoms with Crippen LogP contribution < -0.4 is 15.8 Å². The van der Waals surface area contributed by atoms with Crippen molar-refractivity contribution in [3.63, 3.8) is 0 Å². The molecule has 2 N–H and O–H groups in total. The lowest BCUT2D eigenvalue weighted by Crippen LogP contribution is -2.53. The maximum Gasteiger partial charge on any atom is 0.264 e. The molecule has 4 aromatic rings. The molecular weight excluding hydrogens is 468 g/mol. The number of rotatable bonds is 4. The molecule has 35 heavy (non-hydrogen) atoms. The Bertz CT molecular complexity index is 1520. The van der Waals surface area contributed by atoms with Gasteiger partial charge in [0.2, 0.25) is 11.9 Å². The van der Waals surface area contributed by atoms with Crippen LogP contribution in [-0.2, 0) is 18.4 Å². The van der Waals surface area contributed by atoms with Crippen LogP contribution in [0, 0.1) is 0 Å². The highest BCUT2D eigenvalue weighted by Crippen LogP contribution is 2.37. The van der Waals surface area contributed by atoms with Gasteiger partial charge < -0.3 is 20.1 Å². The summed E-state index contributed by atoms with van der Waals surface area (Å²) in [7, 11) is 5.21. The Kier molecular flexibility index (Phi) is 5.12. The van der Waals surface area contributed by atoms with E-state index in [4.69, 9.17) is 16.6 Å². The van der Waals surface area contributed by atoms with E-state index in [9.17, 15) is 9.59 Å². The maximum atomic E-state index is 13.6. The largest absolute Gasteiger partial charge is 0.347 e. The van der Waals surface area contributed by atoms with Gasteiger partial charge in [0, 0.05) is 75.2 Å². The second kappa shape index (κ2) is 8.10. The number of carbonyl (C=O) groups excluding carboxylic acids is 1. The summed E-state index contributed by atoms with van der Waals surface area (Å²) in [4.78, 5) is 37.6. The summed E-state index contributed by atoms with van der Waals surface area (Å²) in [6, 6.07) is 4.43. The summed E-state index contributed by atoms with van der Waals surface area (Å²) in [6.45, 7) is 1.94. The average molecular weight is 495 g/mol. The predicted molar refractivity (Wildman–Crippen MR) is 136 cm³/mol. The first-order valence-corrected chi connectivity index (χ1v) is 12.1. The Morgan fingerprint density at radius 1 is 1.20 bits per heavy atom. The average Bonchev–Trinajstić information content (AvgIpc) is 3.50. The fourth-order valence-electron chi connectivity index (χ4n) is 5.38. The molecule has 0 radical (unpaired) electrons. The third-order valence-electron chi connectivity index (χ3n) is 7.26. The van der Waals surface area contributed by atoms with Gasteiger partial charge in [-0.1, -0.05) is 17.7 Å². The molecule has 0 spiro atoms. The number of carbonyl (C=O) groups is 1. The van der Waals surface area contributed by atoms with Crippen molar-refractivity contribution in [2.75, 3.05) is 32.1 Å². The van der Waals surface area contributed by atoms with Crippen molar-refractivity contribution < 1.29 is 4.79 Å². The molecule has 2 aliphatic rings. The number of H-pyrrole nitrogens is 1. The van der Waals surface area contributed by atoms with Crippen molar-refractivity contribution in [2.24, 2.45) is 7.05 Å². The predicted octanol–water partition coefficient (Wildman–Crippen LogP) is 1.96. The fraction of sp³-hybridized carbons (Fsp3) is 0.417. The van der Waals surface area contributed by atoms with Gasteiger partial charge in [0.25, 0.3) is 5.56 Å². The van der Waals surface area contributed by atoms with E-state index in [1.165, 1.54) is 4.90 Å². The number of amides is 1. The van der Waals surface area contributed by atoms with E-state index < -0.39 is 0 Å². The lowest BCUT2D eigenvalue weighted by molar-refractivity contribution is -0.129. The first-order valence-electron chi connectivity index (χ1n) is 11.8. The summed E-state index contributed by atoms with van der Waals surface area (Å²) >= 11 is 6.83. The summed E-state index contributed by atoms with van der Waals surface area (Å²) in [5, 5.41) is 9.68. The molecule has 3 aromatic heterocycles. The third-order valence-corrected chi connectivity index (χ3v) is 7.66. The molecule has 2 atom stereocenters. The van der Waals surface area contributed by atoms with Crippen molar-refractivity contribution in [1.82, 2.24) is 34.5 Å².